The van der Waals surface area contributed by atoms with E-state index in [1.54, 1.807) is 24.8 Å². The highest BCUT2D eigenvalue weighted by molar-refractivity contribution is 7.99. The molecule has 0 unspecified atom stereocenters. The second-order valence-electron chi connectivity index (χ2n) is 7.23. The maximum atomic E-state index is 13.2. The molecule has 0 aliphatic carbocycles. The van der Waals surface area contributed by atoms with Gasteiger partial charge in [-0.25, -0.2) is 13.2 Å². The number of rotatable bonds is 7. The number of hydrogen-bond acceptors (Lipinski definition) is 6. The van der Waals surface area contributed by atoms with Crippen molar-refractivity contribution in [3.8, 4) is 6.07 Å². The van der Waals surface area contributed by atoms with Crippen LogP contribution in [0.15, 0.2) is 46.2 Å². The molecule has 0 saturated carbocycles. The van der Waals surface area contributed by atoms with Gasteiger partial charge in [0.1, 0.15) is 23.4 Å². The molecular formula is C21H25F3N4S2. The van der Waals surface area contributed by atoms with Gasteiger partial charge < -0.3 is 5.73 Å². The fourth-order valence-electron chi connectivity index (χ4n) is 2.96. The smallest absolute Gasteiger partial charge is 0.148 e. The van der Waals surface area contributed by atoms with Crippen LogP contribution in [0.3, 0.4) is 0 Å². The number of thioether (sulfide) groups is 1. The molecule has 1 saturated heterocycles. The van der Waals surface area contributed by atoms with Crippen molar-refractivity contribution in [3.05, 3.63) is 53.6 Å². The summed E-state index contributed by atoms with van der Waals surface area (Å²) in [4.78, 5) is 3.75. The van der Waals surface area contributed by atoms with E-state index in [9.17, 15) is 13.2 Å². The molecule has 3 rings (SSSR count). The Morgan fingerprint density at radius 3 is 2.37 bits per heavy atom. The van der Waals surface area contributed by atoms with Crippen LogP contribution in [0.4, 0.5) is 18.9 Å². The molecule has 2 aromatic rings. The summed E-state index contributed by atoms with van der Waals surface area (Å²) in [5.41, 5.74) is 4.30. The van der Waals surface area contributed by atoms with Gasteiger partial charge in [0.05, 0.1) is 11.3 Å². The highest BCUT2D eigenvalue weighted by atomic mass is 32.2. The van der Waals surface area contributed by atoms with Crippen molar-refractivity contribution in [2.45, 2.75) is 35.2 Å². The zero-order valence-corrected chi connectivity index (χ0v) is 18.3. The summed E-state index contributed by atoms with van der Waals surface area (Å²) >= 11 is 2.62. The lowest BCUT2D eigenvalue weighted by Crippen LogP contribution is -2.57. The molecule has 0 amide bonds. The third-order valence-corrected chi connectivity index (χ3v) is 6.02. The second kappa shape index (κ2) is 11.5. The fourth-order valence-corrected chi connectivity index (χ4v) is 4.23. The Balaban J connectivity index is 0.000000232. The van der Waals surface area contributed by atoms with Gasteiger partial charge in [-0.15, -0.1) is 11.8 Å². The third kappa shape index (κ3) is 7.76. The predicted molar refractivity (Wildman–Crippen MR) is 118 cm³/mol. The summed E-state index contributed by atoms with van der Waals surface area (Å²) < 4.78 is 38.8. The molecule has 162 valence electrons. The molecule has 4 N–H and O–H groups in total. The highest BCUT2D eigenvalue weighted by Gasteiger charge is 2.37. The largest absolute Gasteiger partial charge is 0.395 e. The van der Waals surface area contributed by atoms with Crippen molar-refractivity contribution in [2.75, 3.05) is 31.1 Å². The van der Waals surface area contributed by atoms with Gasteiger partial charge >= 0.3 is 0 Å². The Morgan fingerprint density at radius 1 is 1.13 bits per heavy atom. The first kappa shape index (κ1) is 24.4. The zero-order valence-electron chi connectivity index (χ0n) is 16.7. The minimum absolute atomic E-state index is 0.114. The van der Waals surface area contributed by atoms with Crippen molar-refractivity contribution in [2.24, 2.45) is 5.14 Å². The van der Waals surface area contributed by atoms with E-state index in [-0.39, 0.29) is 17.1 Å². The lowest BCUT2D eigenvalue weighted by atomic mass is 9.99. The fraction of sp³-hybridized carbons (Fsp3) is 0.381. The SMILES string of the molecule is CC1(F)CN(CCCCSc2ccc(F)cc2)C1.N#Cc1cc(SN)cc(F)c1N. The minimum atomic E-state index is -0.955. The summed E-state index contributed by atoms with van der Waals surface area (Å²) in [6.45, 7) is 3.81. The number of hydrogen-bond donors (Lipinski definition) is 2. The number of halogens is 3. The average Bonchev–Trinajstić information content (AvgIpc) is 2.70. The molecule has 1 fully saturated rings. The molecular weight excluding hydrogens is 429 g/mol. The summed E-state index contributed by atoms with van der Waals surface area (Å²) in [6.07, 6.45) is 2.21. The molecule has 0 radical (unpaired) electrons. The lowest BCUT2D eigenvalue weighted by molar-refractivity contribution is -0.0176. The quantitative estimate of drug-likeness (QED) is 0.266. The van der Waals surface area contributed by atoms with E-state index in [1.807, 2.05) is 12.1 Å². The maximum Gasteiger partial charge on any atom is 0.148 e. The van der Waals surface area contributed by atoms with Crippen LogP contribution in [-0.4, -0.2) is 36.0 Å². The number of benzene rings is 2. The second-order valence-corrected chi connectivity index (χ2v) is 9.10. The molecule has 1 aliphatic heterocycles. The zero-order chi connectivity index (χ0) is 22.1. The van der Waals surface area contributed by atoms with Gasteiger partial charge in [0.2, 0.25) is 0 Å². The Kier molecular flexibility index (Phi) is 9.37. The van der Waals surface area contributed by atoms with Gasteiger partial charge in [-0.3, -0.25) is 10.0 Å². The Bertz CT molecular complexity index is 862. The number of alkyl halides is 1. The van der Waals surface area contributed by atoms with E-state index in [0.717, 1.165) is 42.0 Å². The number of likely N-dealkylation sites (tertiary alicyclic amines) is 1. The molecule has 2 aromatic carbocycles. The summed E-state index contributed by atoms with van der Waals surface area (Å²) in [6, 6.07) is 11.0. The first-order valence-electron chi connectivity index (χ1n) is 9.39. The Labute approximate surface area is 183 Å². The lowest BCUT2D eigenvalue weighted by Gasteiger charge is -2.42. The van der Waals surface area contributed by atoms with Gasteiger partial charge in [-0.05, 0) is 80.4 Å². The number of anilines is 1. The molecule has 0 atom stereocenters. The predicted octanol–water partition coefficient (Wildman–Crippen LogP) is 4.99. The Morgan fingerprint density at radius 2 is 1.80 bits per heavy atom. The van der Waals surface area contributed by atoms with E-state index in [4.69, 9.17) is 16.1 Å². The molecule has 1 aliphatic rings. The monoisotopic (exact) mass is 454 g/mol. The summed E-state index contributed by atoms with van der Waals surface area (Å²) in [5.74, 6) is 0.236. The van der Waals surface area contributed by atoms with Gasteiger partial charge in [-0.2, -0.15) is 5.26 Å². The van der Waals surface area contributed by atoms with Gasteiger partial charge in [0.15, 0.2) is 0 Å². The van der Waals surface area contributed by atoms with Crippen molar-refractivity contribution in [3.63, 3.8) is 0 Å². The first-order valence-corrected chi connectivity index (χ1v) is 11.3. The number of unbranched alkanes of at least 4 members (excludes halogenated alkanes) is 1. The normalized spacial score (nSPS) is 14.9. The summed E-state index contributed by atoms with van der Waals surface area (Å²) in [5, 5.41) is 13.7. The molecule has 30 heavy (non-hydrogen) atoms. The molecule has 4 nitrogen and oxygen atoms in total. The van der Waals surface area contributed by atoms with E-state index in [2.05, 4.69) is 4.90 Å². The van der Waals surface area contributed by atoms with Crippen molar-refractivity contribution < 1.29 is 13.2 Å². The van der Waals surface area contributed by atoms with Crippen LogP contribution in [0.1, 0.15) is 25.3 Å². The van der Waals surface area contributed by atoms with E-state index >= 15 is 0 Å². The topological polar surface area (TPSA) is 79.1 Å². The van der Waals surface area contributed by atoms with Crippen LogP contribution < -0.4 is 10.9 Å². The highest BCUT2D eigenvalue weighted by Crippen LogP contribution is 2.25. The number of nitriles is 1. The Hall–Kier alpha value is -1.86. The van der Waals surface area contributed by atoms with Crippen molar-refractivity contribution >= 4 is 29.4 Å². The maximum absolute atomic E-state index is 13.2. The van der Waals surface area contributed by atoms with Crippen molar-refractivity contribution in [1.82, 2.24) is 4.90 Å². The molecule has 0 aromatic heterocycles. The average molecular weight is 455 g/mol. The van der Waals surface area contributed by atoms with Crippen LogP contribution in [-0.2, 0) is 0 Å². The third-order valence-electron chi connectivity index (χ3n) is 4.42. The van der Waals surface area contributed by atoms with Gasteiger partial charge in [0.25, 0.3) is 0 Å². The number of nitrogens with two attached hydrogens (primary N) is 2. The number of nitrogens with zero attached hydrogens (tertiary/aromatic N) is 2. The van der Waals surface area contributed by atoms with Crippen LogP contribution in [0.2, 0.25) is 0 Å². The minimum Gasteiger partial charge on any atom is -0.395 e. The molecule has 0 spiro atoms. The number of nitrogen functional groups attached to an aromatic ring is 1. The van der Waals surface area contributed by atoms with Gasteiger partial charge in [0, 0.05) is 22.9 Å². The molecule has 9 heteroatoms. The van der Waals surface area contributed by atoms with Crippen LogP contribution in [0.5, 0.6) is 0 Å². The summed E-state index contributed by atoms with van der Waals surface area (Å²) in [7, 11) is 0. The van der Waals surface area contributed by atoms with Crippen LogP contribution in [0.25, 0.3) is 0 Å². The van der Waals surface area contributed by atoms with E-state index in [0.29, 0.717) is 18.0 Å². The molecule has 1 heterocycles. The van der Waals surface area contributed by atoms with E-state index in [1.165, 1.54) is 24.3 Å². The molecule has 0 bridgehead atoms. The van der Waals surface area contributed by atoms with Gasteiger partial charge in [-0.1, -0.05) is 0 Å². The van der Waals surface area contributed by atoms with Crippen molar-refractivity contribution in [1.29, 1.82) is 5.26 Å². The van der Waals surface area contributed by atoms with Crippen LogP contribution >= 0.6 is 23.7 Å². The standard InChI is InChI=1S/C14H19F2NS.C7H6FN3S/c1-14(16)10-17(11-14)8-2-3-9-18-13-6-4-12(15)5-7-13;8-6-2-5(12-11)1-4(3-9)7(6)10/h4-7H,2-3,8-11H2,1H3;1-2H,10-11H2. The van der Waals surface area contributed by atoms with E-state index < -0.39 is 11.5 Å². The van der Waals surface area contributed by atoms with Crippen LogP contribution in [0, 0.1) is 23.0 Å². The first-order chi connectivity index (χ1) is 14.2.